The highest BCUT2D eigenvalue weighted by molar-refractivity contribution is 6.06. The van der Waals surface area contributed by atoms with Gasteiger partial charge < -0.3 is 20.6 Å². The van der Waals surface area contributed by atoms with Gasteiger partial charge in [0, 0.05) is 34.6 Å². The Kier molecular flexibility index (Phi) is 6.13. The van der Waals surface area contributed by atoms with Gasteiger partial charge in [0.05, 0.1) is 33.2 Å². The van der Waals surface area contributed by atoms with Crippen molar-refractivity contribution >= 4 is 66.8 Å². The number of nitrogens with one attached hydrogen (secondary N) is 4. The molecule has 4 N–H and O–H groups in total. The molecule has 0 aliphatic heterocycles. The number of hydrogen-bond donors (Lipinski definition) is 4. The second kappa shape index (κ2) is 9.90. The molecule has 0 aliphatic rings. The molecule has 6 aromatic rings. The normalized spacial score (nSPS) is 11.3. The smallest absolute Gasteiger partial charge is 0.224 e. The zero-order chi connectivity index (χ0) is 26.9. The van der Waals surface area contributed by atoms with Crippen molar-refractivity contribution in [2.75, 3.05) is 10.6 Å². The Bertz CT molecular complexity index is 1890. The third-order valence-electron chi connectivity index (χ3n) is 6.82. The van der Waals surface area contributed by atoms with E-state index in [9.17, 15) is 19.2 Å². The van der Waals surface area contributed by atoms with E-state index >= 15 is 0 Å². The van der Waals surface area contributed by atoms with Crippen LogP contribution in [0, 0.1) is 0 Å². The number of fused-ring (bicyclic) bond motifs is 4. The van der Waals surface area contributed by atoms with Crippen molar-refractivity contribution in [1.82, 2.24) is 9.97 Å². The van der Waals surface area contributed by atoms with E-state index in [2.05, 4.69) is 20.6 Å². The van der Waals surface area contributed by atoms with Crippen LogP contribution in [0.1, 0.15) is 19.3 Å². The molecule has 192 valence electrons. The van der Waals surface area contributed by atoms with Crippen molar-refractivity contribution < 1.29 is 9.59 Å². The van der Waals surface area contributed by atoms with E-state index in [-0.39, 0.29) is 35.5 Å². The minimum absolute atomic E-state index is 0.0933. The van der Waals surface area contributed by atoms with E-state index in [4.69, 9.17) is 0 Å². The second-order valence-electron chi connectivity index (χ2n) is 9.41. The molecule has 0 bridgehead atoms. The minimum atomic E-state index is -0.295. The topological polar surface area (TPSA) is 124 Å². The summed E-state index contributed by atoms with van der Waals surface area (Å²) in [6.07, 6.45) is 0.484. The third-order valence-corrected chi connectivity index (χ3v) is 6.82. The monoisotopic (exact) mass is 516 g/mol. The number of aromatic nitrogens is 2. The van der Waals surface area contributed by atoms with Gasteiger partial charge in [0.25, 0.3) is 0 Å². The van der Waals surface area contributed by atoms with Crippen molar-refractivity contribution in [1.29, 1.82) is 0 Å². The number of hydrogen-bond acceptors (Lipinski definition) is 4. The molecule has 0 unspecified atom stereocenters. The van der Waals surface area contributed by atoms with Crippen molar-refractivity contribution in [3.63, 3.8) is 0 Å². The van der Waals surface area contributed by atoms with E-state index in [0.29, 0.717) is 50.4 Å². The van der Waals surface area contributed by atoms with Gasteiger partial charge >= 0.3 is 0 Å². The number of carbonyl (C=O) groups excluding carboxylic acids is 2. The van der Waals surface area contributed by atoms with Gasteiger partial charge in [-0.2, -0.15) is 0 Å². The van der Waals surface area contributed by atoms with E-state index in [1.54, 1.807) is 60.7 Å². The lowest BCUT2D eigenvalue weighted by molar-refractivity contribution is -0.117. The predicted molar refractivity (Wildman–Crippen MR) is 155 cm³/mol. The molecule has 8 heteroatoms. The predicted octanol–water partition coefficient (Wildman–Crippen LogP) is 5.42. The Morgan fingerprint density at radius 1 is 0.538 bits per heavy atom. The quantitative estimate of drug-likeness (QED) is 0.221. The van der Waals surface area contributed by atoms with Gasteiger partial charge in [-0.1, -0.05) is 36.4 Å². The molecule has 2 amide bonds. The number of H-pyrrole nitrogens is 2. The zero-order valence-corrected chi connectivity index (χ0v) is 20.8. The number of aromatic amines is 2. The summed E-state index contributed by atoms with van der Waals surface area (Å²) in [5.74, 6) is -0.591. The Morgan fingerprint density at radius 3 is 1.41 bits per heavy atom. The van der Waals surface area contributed by atoms with Gasteiger partial charge in [-0.05, 0) is 55.0 Å². The summed E-state index contributed by atoms with van der Waals surface area (Å²) in [5.41, 5.74) is 3.26. The molecule has 0 fully saturated rings. The van der Waals surface area contributed by atoms with Crippen LogP contribution in [0.25, 0.3) is 43.6 Å². The van der Waals surface area contributed by atoms with Crippen LogP contribution >= 0.6 is 0 Å². The molecule has 0 radical (unpaired) electrons. The average Bonchev–Trinajstić information content (AvgIpc) is 2.93. The lowest BCUT2D eigenvalue weighted by Crippen LogP contribution is -2.17. The SMILES string of the molecule is O=C(CCCC(=O)Nc1cccc2[nH]c3ccccc3c(=O)c12)Nc1cccc2[nH]c3ccccc3c(=O)c12. The summed E-state index contributed by atoms with van der Waals surface area (Å²) in [7, 11) is 0. The number of anilines is 2. The maximum Gasteiger partial charge on any atom is 0.224 e. The molecule has 6 rings (SSSR count). The first-order valence-electron chi connectivity index (χ1n) is 12.7. The molecular weight excluding hydrogens is 492 g/mol. The third kappa shape index (κ3) is 4.53. The maximum absolute atomic E-state index is 13.1. The van der Waals surface area contributed by atoms with Crippen molar-refractivity contribution in [2.24, 2.45) is 0 Å². The highest BCUT2D eigenvalue weighted by atomic mass is 16.2. The molecule has 0 aliphatic carbocycles. The molecule has 0 atom stereocenters. The number of pyridine rings is 2. The lowest BCUT2D eigenvalue weighted by atomic mass is 10.1. The van der Waals surface area contributed by atoms with Gasteiger partial charge in [-0.3, -0.25) is 19.2 Å². The van der Waals surface area contributed by atoms with Crippen LogP contribution in [0.5, 0.6) is 0 Å². The molecule has 0 spiro atoms. The summed E-state index contributed by atoms with van der Waals surface area (Å²) in [6.45, 7) is 0. The number of carbonyl (C=O) groups is 2. The molecule has 0 saturated carbocycles. The average molecular weight is 517 g/mol. The molecule has 2 aromatic heterocycles. The fraction of sp³-hybridized carbons (Fsp3) is 0.0968. The highest BCUT2D eigenvalue weighted by Gasteiger charge is 2.14. The molecular formula is C31H24N4O4. The summed E-state index contributed by atoms with van der Waals surface area (Å²) >= 11 is 0. The summed E-state index contributed by atoms with van der Waals surface area (Å²) in [4.78, 5) is 58.1. The first-order chi connectivity index (χ1) is 19.0. The zero-order valence-electron chi connectivity index (χ0n) is 20.8. The van der Waals surface area contributed by atoms with E-state index in [0.717, 1.165) is 11.0 Å². The van der Waals surface area contributed by atoms with E-state index in [1.165, 1.54) is 0 Å². The van der Waals surface area contributed by atoms with E-state index in [1.807, 2.05) is 24.3 Å². The minimum Gasteiger partial charge on any atom is -0.354 e. The van der Waals surface area contributed by atoms with Crippen LogP contribution in [0.3, 0.4) is 0 Å². The Hall–Kier alpha value is -5.24. The van der Waals surface area contributed by atoms with Crippen LogP contribution in [-0.4, -0.2) is 21.8 Å². The van der Waals surface area contributed by atoms with Crippen molar-refractivity contribution in [3.8, 4) is 0 Å². The first-order valence-corrected chi connectivity index (χ1v) is 12.7. The summed E-state index contributed by atoms with van der Waals surface area (Å²) in [6, 6.07) is 25.0. The summed E-state index contributed by atoms with van der Waals surface area (Å²) < 4.78 is 0. The second-order valence-corrected chi connectivity index (χ2v) is 9.41. The van der Waals surface area contributed by atoms with Crippen LogP contribution in [0.4, 0.5) is 11.4 Å². The van der Waals surface area contributed by atoms with Crippen LogP contribution < -0.4 is 21.5 Å². The number of benzene rings is 4. The fourth-order valence-electron chi connectivity index (χ4n) is 4.99. The maximum atomic E-state index is 13.1. The molecule has 8 nitrogen and oxygen atoms in total. The van der Waals surface area contributed by atoms with Gasteiger partial charge in [-0.15, -0.1) is 0 Å². The van der Waals surface area contributed by atoms with Gasteiger partial charge in [0.1, 0.15) is 0 Å². The first kappa shape index (κ1) is 24.1. The van der Waals surface area contributed by atoms with E-state index < -0.39 is 0 Å². The van der Waals surface area contributed by atoms with Gasteiger partial charge in [0.15, 0.2) is 10.9 Å². The molecule has 4 aromatic carbocycles. The van der Waals surface area contributed by atoms with Crippen LogP contribution in [0.15, 0.2) is 94.5 Å². The molecule has 39 heavy (non-hydrogen) atoms. The standard InChI is InChI=1S/C31H24N4O4/c36-26(34-24-14-5-12-22-28(24)30(38)18-8-1-3-10-20(18)32-22)16-7-17-27(37)35-25-15-6-13-23-29(25)31(39)19-9-2-4-11-21(19)33-23/h1-6,8-15H,7,16-17H2,(H,32,38)(H,33,39)(H,34,36)(H,35,37). The van der Waals surface area contributed by atoms with Crippen molar-refractivity contribution in [3.05, 3.63) is 105 Å². The largest absolute Gasteiger partial charge is 0.354 e. The fourth-order valence-corrected chi connectivity index (χ4v) is 4.99. The van der Waals surface area contributed by atoms with Gasteiger partial charge in [-0.25, -0.2) is 0 Å². The Balaban J connectivity index is 1.14. The number of para-hydroxylation sites is 2. The number of amides is 2. The Labute approximate surface area is 221 Å². The van der Waals surface area contributed by atoms with Gasteiger partial charge in [0.2, 0.25) is 11.8 Å². The Morgan fingerprint density at radius 2 is 0.949 bits per heavy atom. The molecule has 0 saturated heterocycles. The highest BCUT2D eigenvalue weighted by Crippen LogP contribution is 2.24. The van der Waals surface area contributed by atoms with Crippen LogP contribution in [0.2, 0.25) is 0 Å². The lowest BCUT2D eigenvalue weighted by Gasteiger charge is -2.11. The summed E-state index contributed by atoms with van der Waals surface area (Å²) in [5, 5.41) is 7.57. The molecule has 2 heterocycles. The van der Waals surface area contributed by atoms with Crippen LogP contribution in [-0.2, 0) is 9.59 Å². The van der Waals surface area contributed by atoms with Crippen molar-refractivity contribution in [2.45, 2.75) is 19.3 Å². The number of rotatable bonds is 6.